The minimum atomic E-state index is 0.415. The summed E-state index contributed by atoms with van der Waals surface area (Å²) in [5.41, 5.74) is 5.19. The molecule has 0 aromatic carbocycles. The zero-order valence-corrected chi connectivity index (χ0v) is 13.4. The summed E-state index contributed by atoms with van der Waals surface area (Å²) in [7, 11) is 0. The Bertz CT molecular complexity index is 934. The Balaban J connectivity index is 1.94. The molecule has 1 aliphatic rings. The van der Waals surface area contributed by atoms with Crippen LogP contribution in [0.15, 0.2) is 30.5 Å². The summed E-state index contributed by atoms with van der Waals surface area (Å²) < 4.78 is 5.47. The number of hydrogen-bond donors (Lipinski definition) is 1. The molecule has 1 N–H and O–H groups in total. The molecule has 0 atom stereocenters. The van der Waals surface area contributed by atoms with Crippen LogP contribution in [0.1, 0.15) is 11.4 Å². The van der Waals surface area contributed by atoms with Gasteiger partial charge in [0.05, 0.1) is 30.0 Å². The standard InChI is InChI=1S/C18H17N5O/c1-12-16(14-4-2-3-13(11-19)22-14)17-15(5-6-20-18(17)21-12)23-7-9-24-10-8-23/h2-6H,7-10H2,1H3,(H,20,21). The van der Waals surface area contributed by atoms with Gasteiger partial charge in [-0.25, -0.2) is 9.97 Å². The fourth-order valence-corrected chi connectivity index (χ4v) is 3.24. The van der Waals surface area contributed by atoms with Crippen molar-refractivity contribution >= 4 is 16.7 Å². The summed E-state index contributed by atoms with van der Waals surface area (Å²) >= 11 is 0. The first kappa shape index (κ1) is 14.7. The number of ether oxygens (including phenoxy) is 1. The van der Waals surface area contributed by atoms with Crippen LogP contribution in [0.3, 0.4) is 0 Å². The first-order valence-electron chi connectivity index (χ1n) is 7.95. The van der Waals surface area contributed by atoms with Gasteiger partial charge in [0.25, 0.3) is 0 Å². The Hall–Kier alpha value is -2.91. The van der Waals surface area contributed by atoms with Crippen LogP contribution in [0.5, 0.6) is 0 Å². The molecular formula is C18H17N5O. The smallest absolute Gasteiger partial charge is 0.141 e. The number of morpholine rings is 1. The topological polar surface area (TPSA) is 77.8 Å². The third kappa shape index (κ3) is 2.39. The highest BCUT2D eigenvalue weighted by molar-refractivity contribution is 6.03. The average molecular weight is 319 g/mol. The molecule has 0 unspecified atom stereocenters. The highest BCUT2D eigenvalue weighted by Crippen LogP contribution is 2.36. The highest BCUT2D eigenvalue weighted by atomic mass is 16.5. The van der Waals surface area contributed by atoms with Gasteiger partial charge >= 0.3 is 0 Å². The van der Waals surface area contributed by atoms with Gasteiger partial charge in [-0.3, -0.25) is 0 Å². The molecule has 0 spiro atoms. The van der Waals surface area contributed by atoms with Gasteiger partial charge in [-0.15, -0.1) is 0 Å². The highest BCUT2D eigenvalue weighted by Gasteiger charge is 2.20. The number of rotatable bonds is 2. The van der Waals surface area contributed by atoms with E-state index in [9.17, 15) is 0 Å². The molecule has 0 saturated carbocycles. The molecule has 0 radical (unpaired) electrons. The van der Waals surface area contributed by atoms with Crippen molar-refractivity contribution in [2.24, 2.45) is 0 Å². The summed E-state index contributed by atoms with van der Waals surface area (Å²) in [6.07, 6.45) is 1.83. The SMILES string of the molecule is Cc1[nH]c2nccc(N3CCOCC3)c2c1-c1cccc(C#N)n1. The molecule has 6 nitrogen and oxygen atoms in total. The predicted octanol–water partition coefficient (Wildman–Crippen LogP) is 2.64. The molecule has 0 amide bonds. The van der Waals surface area contributed by atoms with E-state index in [0.29, 0.717) is 5.69 Å². The van der Waals surface area contributed by atoms with Crippen molar-refractivity contribution in [1.82, 2.24) is 15.0 Å². The van der Waals surface area contributed by atoms with Crippen molar-refractivity contribution in [3.63, 3.8) is 0 Å². The van der Waals surface area contributed by atoms with Crippen LogP contribution in [-0.2, 0) is 4.74 Å². The number of fused-ring (bicyclic) bond motifs is 1. The maximum Gasteiger partial charge on any atom is 0.141 e. The van der Waals surface area contributed by atoms with Gasteiger partial charge in [-0.2, -0.15) is 5.26 Å². The average Bonchev–Trinajstić information content (AvgIpc) is 2.98. The maximum absolute atomic E-state index is 9.15. The molecule has 3 aromatic heterocycles. The number of hydrogen-bond acceptors (Lipinski definition) is 5. The molecule has 24 heavy (non-hydrogen) atoms. The number of aromatic amines is 1. The Labute approximate surface area is 139 Å². The molecule has 6 heteroatoms. The monoisotopic (exact) mass is 319 g/mol. The Morgan fingerprint density at radius 2 is 2.08 bits per heavy atom. The van der Waals surface area contributed by atoms with Crippen molar-refractivity contribution in [2.45, 2.75) is 6.92 Å². The van der Waals surface area contributed by atoms with Gasteiger partial charge in [-0.1, -0.05) is 6.07 Å². The van der Waals surface area contributed by atoms with Crippen LogP contribution >= 0.6 is 0 Å². The molecule has 4 heterocycles. The third-order valence-corrected chi connectivity index (χ3v) is 4.33. The summed E-state index contributed by atoms with van der Waals surface area (Å²) in [5.74, 6) is 0. The maximum atomic E-state index is 9.15. The van der Waals surface area contributed by atoms with E-state index < -0.39 is 0 Å². The zero-order valence-electron chi connectivity index (χ0n) is 13.4. The van der Waals surface area contributed by atoms with E-state index in [2.05, 4.69) is 25.9 Å². The van der Waals surface area contributed by atoms with Gasteiger partial charge in [0, 0.05) is 30.5 Å². The number of nitrogens with zero attached hydrogens (tertiary/aromatic N) is 4. The second kappa shape index (κ2) is 5.95. The lowest BCUT2D eigenvalue weighted by Crippen LogP contribution is -2.36. The molecule has 120 valence electrons. The van der Waals surface area contributed by atoms with Crippen LogP contribution in [0.25, 0.3) is 22.3 Å². The number of anilines is 1. The molecule has 0 aliphatic carbocycles. The van der Waals surface area contributed by atoms with E-state index in [4.69, 9.17) is 10.00 Å². The van der Waals surface area contributed by atoms with Crippen molar-refractivity contribution in [3.05, 3.63) is 41.9 Å². The minimum Gasteiger partial charge on any atom is -0.378 e. The summed E-state index contributed by atoms with van der Waals surface area (Å²) in [6.45, 7) is 5.18. The number of H-pyrrole nitrogens is 1. The zero-order chi connectivity index (χ0) is 16.5. The number of pyridine rings is 2. The Kier molecular flexibility index (Phi) is 3.63. The van der Waals surface area contributed by atoms with E-state index in [1.165, 1.54) is 0 Å². The molecular weight excluding hydrogens is 302 g/mol. The summed E-state index contributed by atoms with van der Waals surface area (Å²) in [5, 5.41) is 10.2. The first-order valence-corrected chi connectivity index (χ1v) is 7.95. The lowest BCUT2D eigenvalue weighted by atomic mass is 10.1. The fourth-order valence-electron chi connectivity index (χ4n) is 3.24. The Morgan fingerprint density at radius 3 is 2.88 bits per heavy atom. The summed E-state index contributed by atoms with van der Waals surface area (Å²) in [6, 6.07) is 9.67. The molecule has 1 saturated heterocycles. The molecule has 3 aromatic rings. The van der Waals surface area contributed by atoms with E-state index in [1.54, 1.807) is 6.07 Å². The fraction of sp³-hybridized carbons (Fsp3) is 0.278. The van der Waals surface area contributed by atoms with Gasteiger partial charge in [0.1, 0.15) is 17.4 Å². The van der Waals surface area contributed by atoms with Gasteiger partial charge in [-0.05, 0) is 25.1 Å². The molecule has 4 rings (SSSR count). The third-order valence-electron chi connectivity index (χ3n) is 4.33. The van der Waals surface area contributed by atoms with Crippen molar-refractivity contribution in [2.75, 3.05) is 31.2 Å². The largest absolute Gasteiger partial charge is 0.378 e. The number of nitrogens with one attached hydrogen (secondary N) is 1. The van der Waals surface area contributed by atoms with Crippen LogP contribution < -0.4 is 4.90 Å². The van der Waals surface area contributed by atoms with E-state index in [1.807, 2.05) is 31.3 Å². The first-order chi connectivity index (χ1) is 11.8. The van der Waals surface area contributed by atoms with Gasteiger partial charge in [0.2, 0.25) is 0 Å². The second-order valence-electron chi connectivity index (χ2n) is 5.80. The lowest BCUT2D eigenvalue weighted by molar-refractivity contribution is 0.123. The van der Waals surface area contributed by atoms with Gasteiger partial charge in [0.15, 0.2) is 0 Å². The molecule has 1 fully saturated rings. The van der Waals surface area contributed by atoms with Crippen LogP contribution in [0, 0.1) is 18.3 Å². The van der Waals surface area contributed by atoms with E-state index in [0.717, 1.165) is 60.0 Å². The predicted molar refractivity (Wildman–Crippen MR) is 91.8 cm³/mol. The van der Waals surface area contributed by atoms with Crippen molar-refractivity contribution in [3.8, 4) is 17.3 Å². The Morgan fingerprint density at radius 1 is 1.25 bits per heavy atom. The van der Waals surface area contributed by atoms with E-state index in [-0.39, 0.29) is 0 Å². The van der Waals surface area contributed by atoms with Crippen molar-refractivity contribution < 1.29 is 4.74 Å². The molecule has 0 bridgehead atoms. The summed E-state index contributed by atoms with van der Waals surface area (Å²) in [4.78, 5) is 14.6. The lowest BCUT2D eigenvalue weighted by Gasteiger charge is -2.29. The molecule has 1 aliphatic heterocycles. The second-order valence-corrected chi connectivity index (χ2v) is 5.80. The van der Waals surface area contributed by atoms with E-state index >= 15 is 0 Å². The minimum absolute atomic E-state index is 0.415. The van der Waals surface area contributed by atoms with Crippen molar-refractivity contribution in [1.29, 1.82) is 5.26 Å². The van der Waals surface area contributed by atoms with Crippen LogP contribution in [-0.4, -0.2) is 41.3 Å². The number of aromatic nitrogens is 3. The normalized spacial score (nSPS) is 14.8. The van der Waals surface area contributed by atoms with Crippen LogP contribution in [0.4, 0.5) is 5.69 Å². The van der Waals surface area contributed by atoms with Crippen LogP contribution in [0.2, 0.25) is 0 Å². The number of nitriles is 1. The number of aryl methyl sites for hydroxylation is 1. The van der Waals surface area contributed by atoms with Gasteiger partial charge < -0.3 is 14.6 Å². The quantitative estimate of drug-likeness (QED) is 0.785.